The molecule has 0 fully saturated rings. The summed E-state index contributed by atoms with van der Waals surface area (Å²) in [5, 5.41) is 0. The maximum atomic E-state index is 12.5. The summed E-state index contributed by atoms with van der Waals surface area (Å²) in [6.45, 7) is 1.14. The van der Waals surface area contributed by atoms with Crippen molar-refractivity contribution in [1.29, 1.82) is 0 Å². The first-order chi connectivity index (χ1) is 9.65. The molecule has 0 saturated carbocycles. The summed E-state index contributed by atoms with van der Waals surface area (Å²) in [6.07, 6.45) is 3.31. The highest BCUT2D eigenvalue weighted by Crippen LogP contribution is 2.23. The molecule has 2 heterocycles. The molecular weight excluding hydrogens is 252 g/mol. The molecule has 0 bridgehead atoms. The second-order valence-corrected chi connectivity index (χ2v) is 5.10. The Labute approximate surface area is 117 Å². The SMILES string of the molecule is CN(C)c1cccc(C(=O)N2Cc3cncnc3C2)c1. The first-order valence-electron chi connectivity index (χ1n) is 6.49. The smallest absolute Gasteiger partial charge is 0.254 e. The number of hydrogen-bond donors (Lipinski definition) is 0. The van der Waals surface area contributed by atoms with Gasteiger partial charge >= 0.3 is 0 Å². The Bertz CT molecular complexity index is 629. The van der Waals surface area contributed by atoms with E-state index in [0.29, 0.717) is 18.7 Å². The average molecular weight is 268 g/mol. The first kappa shape index (κ1) is 12.6. The van der Waals surface area contributed by atoms with Gasteiger partial charge in [-0.05, 0) is 18.2 Å². The molecule has 20 heavy (non-hydrogen) atoms. The molecular formula is C15H16N4O. The van der Waals surface area contributed by atoms with E-state index < -0.39 is 0 Å². The van der Waals surface area contributed by atoms with Crippen LogP contribution in [-0.4, -0.2) is 34.9 Å². The van der Waals surface area contributed by atoms with Crippen molar-refractivity contribution in [2.24, 2.45) is 0 Å². The maximum absolute atomic E-state index is 12.5. The standard InChI is InChI=1S/C15H16N4O/c1-18(2)13-5-3-4-11(6-13)15(20)19-8-12-7-16-10-17-14(12)9-19/h3-7,10H,8-9H2,1-2H3. The topological polar surface area (TPSA) is 49.3 Å². The lowest BCUT2D eigenvalue weighted by molar-refractivity contribution is 0.0750. The number of nitrogens with zero attached hydrogens (tertiary/aromatic N) is 4. The van der Waals surface area contributed by atoms with E-state index in [9.17, 15) is 4.79 Å². The molecule has 0 aliphatic carbocycles. The molecule has 0 radical (unpaired) electrons. The van der Waals surface area contributed by atoms with Gasteiger partial charge in [-0.1, -0.05) is 6.07 Å². The van der Waals surface area contributed by atoms with E-state index in [-0.39, 0.29) is 5.91 Å². The fourth-order valence-corrected chi connectivity index (χ4v) is 2.34. The van der Waals surface area contributed by atoms with Crippen LogP contribution in [-0.2, 0) is 13.1 Å². The van der Waals surface area contributed by atoms with Crippen LogP contribution in [0.3, 0.4) is 0 Å². The summed E-state index contributed by atoms with van der Waals surface area (Å²) in [7, 11) is 3.93. The monoisotopic (exact) mass is 268 g/mol. The minimum Gasteiger partial charge on any atom is -0.378 e. The molecule has 102 valence electrons. The third-order valence-corrected chi connectivity index (χ3v) is 3.48. The van der Waals surface area contributed by atoms with Crippen LogP contribution in [0.4, 0.5) is 5.69 Å². The van der Waals surface area contributed by atoms with Gasteiger partial charge in [0.15, 0.2) is 0 Å². The van der Waals surface area contributed by atoms with E-state index in [1.54, 1.807) is 11.1 Å². The van der Waals surface area contributed by atoms with Gasteiger partial charge in [-0.25, -0.2) is 9.97 Å². The Morgan fingerprint density at radius 3 is 2.90 bits per heavy atom. The molecule has 1 aliphatic rings. The largest absolute Gasteiger partial charge is 0.378 e. The van der Waals surface area contributed by atoms with Crippen LogP contribution in [0.5, 0.6) is 0 Å². The lowest BCUT2D eigenvalue weighted by atomic mass is 10.1. The number of benzene rings is 1. The van der Waals surface area contributed by atoms with Gasteiger partial charge in [0.2, 0.25) is 0 Å². The molecule has 1 aromatic heterocycles. The molecule has 0 spiro atoms. The number of fused-ring (bicyclic) bond motifs is 1. The molecule has 1 aliphatic heterocycles. The molecule has 1 aromatic carbocycles. The van der Waals surface area contributed by atoms with Crippen LogP contribution in [0.15, 0.2) is 36.8 Å². The number of carbonyl (C=O) groups excluding carboxylic acids is 1. The van der Waals surface area contributed by atoms with Gasteiger partial charge in [0.1, 0.15) is 6.33 Å². The first-order valence-corrected chi connectivity index (χ1v) is 6.49. The van der Waals surface area contributed by atoms with Crippen LogP contribution in [0.2, 0.25) is 0 Å². The van der Waals surface area contributed by atoms with Crippen molar-refractivity contribution in [3.8, 4) is 0 Å². The Balaban J connectivity index is 1.83. The predicted molar refractivity (Wildman–Crippen MR) is 76.4 cm³/mol. The van der Waals surface area contributed by atoms with Crippen molar-refractivity contribution in [3.63, 3.8) is 0 Å². The summed E-state index contributed by atoms with van der Waals surface area (Å²) in [5.74, 6) is 0.0340. The van der Waals surface area contributed by atoms with Crippen molar-refractivity contribution in [1.82, 2.24) is 14.9 Å². The van der Waals surface area contributed by atoms with E-state index in [1.165, 1.54) is 6.33 Å². The van der Waals surface area contributed by atoms with E-state index in [2.05, 4.69) is 9.97 Å². The van der Waals surface area contributed by atoms with Gasteiger partial charge < -0.3 is 9.80 Å². The van der Waals surface area contributed by atoms with Crippen LogP contribution >= 0.6 is 0 Å². The maximum Gasteiger partial charge on any atom is 0.254 e. The normalized spacial score (nSPS) is 13.2. The molecule has 3 rings (SSSR count). The predicted octanol–water partition coefficient (Wildman–Crippen LogP) is 1.70. The second kappa shape index (κ2) is 4.92. The highest BCUT2D eigenvalue weighted by atomic mass is 16.2. The summed E-state index contributed by atoms with van der Waals surface area (Å²) < 4.78 is 0. The van der Waals surface area contributed by atoms with Crippen LogP contribution in [0.1, 0.15) is 21.6 Å². The second-order valence-electron chi connectivity index (χ2n) is 5.10. The zero-order chi connectivity index (χ0) is 14.1. The summed E-state index contributed by atoms with van der Waals surface area (Å²) in [4.78, 5) is 24.6. The number of rotatable bonds is 2. The third-order valence-electron chi connectivity index (χ3n) is 3.48. The fraction of sp³-hybridized carbons (Fsp3) is 0.267. The molecule has 0 N–H and O–H groups in total. The average Bonchev–Trinajstić information content (AvgIpc) is 2.90. The van der Waals surface area contributed by atoms with Gasteiger partial charge in [0.25, 0.3) is 5.91 Å². The number of aromatic nitrogens is 2. The summed E-state index contributed by atoms with van der Waals surface area (Å²) in [6, 6.07) is 7.66. The van der Waals surface area contributed by atoms with Crippen molar-refractivity contribution < 1.29 is 4.79 Å². The van der Waals surface area contributed by atoms with Crippen LogP contribution in [0.25, 0.3) is 0 Å². The van der Waals surface area contributed by atoms with E-state index in [1.807, 2.05) is 43.3 Å². The van der Waals surface area contributed by atoms with Gasteiger partial charge in [-0.3, -0.25) is 4.79 Å². The summed E-state index contributed by atoms with van der Waals surface area (Å²) in [5.41, 5.74) is 3.70. The molecule has 0 unspecified atom stereocenters. The zero-order valence-corrected chi connectivity index (χ0v) is 11.6. The Hall–Kier alpha value is -2.43. The van der Waals surface area contributed by atoms with E-state index >= 15 is 0 Å². The Morgan fingerprint density at radius 1 is 1.30 bits per heavy atom. The van der Waals surface area contributed by atoms with Crippen LogP contribution in [0, 0.1) is 0 Å². The number of hydrogen-bond acceptors (Lipinski definition) is 4. The minimum atomic E-state index is 0.0340. The number of anilines is 1. The van der Waals surface area contributed by atoms with Crippen molar-refractivity contribution >= 4 is 11.6 Å². The van der Waals surface area contributed by atoms with Crippen molar-refractivity contribution in [3.05, 3.63) is 53.6 Å². The van der Waals surface area contributed by atoms with Gasteiger partial charge in [-0.15, -0.1) is 0 Å². The van der Waals surface area contributed by atoms with Crippen LogP contribution < -0.4 is 4.90 Å². The highest BCUT2D eigenvalue weighted by molar-refractivity contribution is 5.95. The van der Waals surface area contributed by atoms with Gasteiger partial charge in [-0.2, -0.15) is 0 Å². The molecule has 0 atom stereocenters. The number of carbonyl (C=O) groups is 1. The number of amides is 1. The van der Waals surface area contributed by atoms with E-state index in [4.69, 9.17) is 0 Å². The highest BCUT2D eigenvalue weighted by Gasteiger charge is 2.25. The molecule has 0 saturated heterocycles. The summed E-state index contributed by atoms with van der Waals surface area (Å²) >= 11 is 0. The molecule has 5 nitrogen and oxygen atoms in total. The lowest BCUT2D eigenvalue weighted by Crippen LogP contribution is -2.25. The lowest BCUT2D eigenvalue weighted by Gasteiger charge is -2.17. The van der Waals surface area contributed by atoms with Gasteiger partial charge in [0, 0.05) is 43.7 Å². The van der Waals surface area contributed by atoms with Gasteiger partial charge in [0.05, 0.1) is 12.2 Å². The molecule has 2 aromatic rings. The Kier molecular flexibility index (Phi) is 3.10. The van der Waals surface area contributed by atoms with E-state index in [0.717, 1.165) is 16.9 Å². The Morgan fingerprint density at radius 2 is 2.15 bits per heavy atom. The van der Waals surface area contributed by atoms with Crippen molar-refractivity contribution in [2.45, 2.75) is 13.1 Å². The third kappa shape index (κ3) is 2.22. The fourth-order valence-electron chi connectivity index (χ4n) is 2.34. The minimum absolute atomic E-state index is 0.0340. The van der Waals surface area contributed by atoms with Crippen molar-refractivity contribution in [2.75, 3.05) is 19.0 Å². The quantitative estimate of drug-likeness (QED) is 0.832. The molecule has 1 amide bonds. The zero-order valence-electron chi connectivity index (χ0n) is 11.6. The molecule has 5 heteroatoms.